The summed E-state index contributed by atoms with van der Waals surface area (Å²) in [6.45, 7) is 6.44. The van der Waals surface area contributed by atoms with Crippen molar-refractivity contribution in [3.63, 3.8) is 0 Å². The Morgan fingerprint density at radius 1 is 1.29 bits per heavy atom. The number of sulfonamides is 1. The molecule has 0 spiro atoms. The predicted molar refractivity (Wildman–Crippen MR) is 133 cm³/mol. The standard InChI is InChI=1S/C24H30N6O4S/c1-23(2,3)29(4)35(32,33)18-8-6-17(7-9-18)27-21-20-19(10-14-26-22(20)31)30(28-21)24(12-13-25)11-5-15-34-16-24/h6-10,14H,5,11-12,15-16H2,1-4H3,(H,26,31)(H,27,28). The minimum absolute atomic E-state index is 0.168. The molecule has 1 fully saturated rings. The fourth-order valence-corrected chi connectivity index (χ4v) is 5.78. The zero-order valence-corrected chi connectivity index (χ0v) is 21.1. The highest BCUT2D eigenvalue weighted by Crippen LogP contribution is 2.35. The molecule has 1 atom stereocenters. The summed E-state index contributed by atoms with van der Waals surface area (Å²) >= 11 is 0. The first kappa shape index (κ1) is 24.9. The SMILES string of the molecule is CN(C(C)(C)C)S(=O)(=O)c1ccc(Nc2nn(C3(CC#N)CCCOC3)c3cc[nH]c(=O)c23)cc1. The fraction of sp³-hybridized carbons (Fsp3) is 0.458. The number of nitriles is 1. The number of rotatable bonds is 6. The van der Waals surface area contributed by atoms with Gasteiger partial charge >= 0.3 is 0 Å². The summed E-state index contributed by atoms with van der Waals surface area (Å²) in [6.07, 6.45) is 3.25. The van der Waals surface area contributed by atoms with Crippen LogP contribution in [0.2, 0.25) is 0 Å². The molecular formula is C24H30N6O4S. The van der Waals surface area contributed by atoms with Crippen LogP contribution in [0.25, 0.3) is 10.9 Å². The maximum Gasteiger partial charge on any atom is 0.261 e. The average molecular weight is 499 g/mol. The third-order valence-electron chi connectivity index (χ3n) is 6.48. The number of hydrogen-bond donors (Lipinski definition) is 2. The van der Waals surface area contributed by atoms with E-state index in [9.17, 15) is 18.5 Å². The van der Waals surface area contributed by atoms with E-state index in [1.165, 1.54) is 16.4 Å². The van der Waals surface area contributed by atoms with Gasteiger partial charge in [-0.05, 0) is 63.9 Å². The van der Waals surface area contributed by atoms with Gasteiger partial charge in [0, 0.05) is 31.1 Å². The van der Waals surface area contributed by atoms with Gasteiger partial charge in [-0.1, -0.05) is 0 Å². The monoisotopic (exact) mass is 498 g/mol. The van der Waals surface area contributed by atoms with Gasteiger partial charge in [0.15, 0.2) is 5.82 Å². The predicted octanol–water partition coefficient (Wildman–Crippen LogP) is 3.31. The van der Waals surface area contributed by atoms with Gasteiger partial charge in [0.05, 0.1) is 35.0 Å². The van der Waals surface area contributed by atoms with Crippen molar-refractivity contribution in [1.29, 1.82) is 5.26 Å². The number of pyridine rings is 1. The Balaban J connectivity index is 1.73. The van der Waals surface area contributed by atoms with Gasteiger partial charge in [-0.2, -0.15) is 14.7 Å². The highest BCUT2D eigenvalue weighted by molar-refractivity contribution is 7.89. The van der Waals surface area contributed by atoms with Crippen LogP contribution in [0.1, 0.15) is 40.0 Å². The van der Waals surface area contributed by atoms with E-state index in [0.717, 1.165) is 6.42 Å². The first-order valence-corrected chi connectivity index (χ1v) is 12.9. The second kappa shape index (κ2) is 9.11. The van der Waals surface area contributed by atoms with E-state index in [2.05, 4.69) is 16.4 Å². The van der Waals surface area contributed by atoms with E-state index in [4.69, 9.17) is 9.84 Å². The lowest BCUT2D eigenvalue weighted by molar-refractivity contribution is -0.00174. The molecule has 11 heteroatoms. The number of aromatic amines is 1. The van der Waals surface area contributed by atoms with Crippen molar-refractivity contribution in [3.05, 3.63) is 46.9 Å². The quantitative estimate of drug-likeness (QED) is 0.533. The molecule has 186 valence electrons. The second-order valence-corrected chi connectivity index (χ2v) is 11.8. The normalized spacial score (nSPS) is 19.1. The molecule has 3 heterocycles. The van der Waals surface area contributed by atoms with Crippen molar-refractivity contribution in [3.8, 4) is 6.07 Å². The molecule has 1 aromatic carbocycles. The Labute approximate surface area is 204 Å². The molecule has 2 N–H and O–H groups in total. The largest absolute Gasteiger partial charge is 0.379 e. The number of fused-ring (bicyclic) bond motifs is 1. The van der Waals surface area contributed by atoms with Crippen molar-refractivity contribution in [1.82, 2.24) is 19.1 Å². The maximum atomic E-state index is 12.9. The summed E-state index contributed by atoms with van der Waals surface area (Å²) in [4.78, 5) is 15.6. The van der Waals surface area contributed by atoms with Gasteiger partial charge in [-0.25, -0.2) is 8.42 Å². The van der Waals surface area contributed by atoms with Crippen LogP contribution in [-0.2, 0) is 20.3 Å². The van der Waals surface area contributed by atoms with Gasteiger partial charge in [0.2, 0.25) is 10.0 Å². The molecule has 10 nitrogen and oxygen atoms in total. The van der Waals surface area contributed by atoms with E-state index < -0.39 is 21.1 Å². The first-order chi connectivity index (χ1) is 16.5. The molecule has 1 unspecified atom stereocenters. The van der Waals surface area contributed by atoms with Crippen LogP contribution in [-0.4, -0.2) is 53.3 Å². The molecule has 0 saturated carbocycles. The molecule has 1 saturated heterocycles. The van der Waals surface area contributed by atoms with E-state index in [0.29, 0.717) is 42.0 Å². The van der Waals surface area contributed by atoms with E-state index in [1.54, 1.807) is 36.1 Å². The summed E-state index contributed by atoms with van der Waals surface area (Å²) < 4.78 is 34.7. The molecule has 0 aliphatic carbocycles. The molecule has 2 aromatic heterocycles. The van der Waals surface area contributed by atoms with Crippen molar-refractivity contribution in [2.45, 2.75) is 56.0 Å². The Hall–Kier alpha value is -3.20. The Kier molecular flexibility index (Phi) is 6.48. The van der Waals surface area contributed by atoms with E-state index in [1.807, 2.05) is 20.8 Å². The van der Waals surface area contributed by atoms with Gasteiger partial charge in [-0.15, -0.1) is 0 Å². The zero-order valence-electron chi connectivity index (χ0n) is 20.3. The van der Waals surface area contributed by atoms with Crippen molar-refractivity contribution in [2.75, 3.05) is 25.6 Å². The van der Waals surface area contributed by atoms with Crippen molar-refractivity contribution < 1.29 is 13.2 Å². The molecule has 0 bridgehead atoms. The second-order valence-electron chi connectivity index (χ2n) is 9.84. The third-order valence-corrected chi connectivity index (χ3v) is 8.62. The van der Waals surface area contributed by atoms with Gasteiger partial charge in [-0.3, -0.25) is 9.48 Å². The molecule has 3 aromatic rings. The lowest BCUT2D eigenvalue weighted by atomic mass is 9.89. The topological polar surface area (TPSA) is 133 Å². The minimum atomic E-state index is -3.67. The number of nitrogens with zero attached hydrogens (tertiary/aromatic N) is 4. The minimum Gasteiger partial charge on any atom is -0.379 e. The highest BCUT2D eigenvalue weighted by atomic mass is 32.2. The highest BCUT2D eigenvalue weighted by Gasteiger charge is 2.38. The number of H-pyrrole nitrogens is 1. The number of hydrogen-bond acceptors (Lipinski definition) is 7. The molecule has 0 radical (unpaired) electrons. The number of aromatic nitrogens is 3. The van der Waals surface area contributed by atoms with Crippen LogP contribution in [0.15, 0.2) is 46.2 Å². The lowest BCUT2D eigenvalue weighted by Gasteiger charge is -2.35. The van der Waals surface area contributed by atoms with Crippen molar-refractivity contribution in [2.24, 2.45) is 0 Å². The molecular weight excluding hydrogens is 468 g/mol. The van der Waals surface area contributed by atoms with Crippen LogP contribution in [0, 0.1) is 11.3 Å². The van der Waals surface area contributed by atoms with Crippen LogP contribution in [0.4, 0.5) is 11.5 Å². The maximum absolute atomic E-state index is 12.9. The average Bonchev–Trinajstić information content (AvgIpc) is 3.19. The van der Waals surface area contributed by atoms with Crippen LogP contribution in [0.5, 0.6) is 0 Å². The van der Waals surface area contributed by atoms with Gasteiger partial charge in [0.25, 0.3) is 5.56 Å². The molecule has 4 rings (SSSR count). The first-order valence-electron chi connectivity index (χ1n) is 11.4. The van der Waals surface area contributed by atoms with Crippen LogP contribution < -0.4 is 10.9 Å². The Bertz CT molecular complexity index is 1420. The fourth-order valence-electron chi connectivity index (χ4n) is 4.26. The number of ether oxygens (including phenoxy) is 1. The molecule has 1 aliphatic heterocycles. The zero-order chi connectivity index (χ0) is 25.4. The van der Waals surface area contributed by atoms with Gasteiger partial charge < -0.3 is 15.0 Å². The van der Waals surface area contributed by atoms with Gasteiger partial charge in [0.1, 0.15) is 5.39 Å². The van der Waals surface area contributed by atoms with E-state index in [-0.39, 0.29) is 16.9 Å². The Morgan fingerprint density at radius 2 is 2.00 bits per heavy atom. The summed E-state index contributed by atoms with van der Waals surface area (Å²) in [5.41, 5.74) is -0.375. The third kappa shape index (κ3) is 4.57. The number of benzene rings is 1. The molecule has 0 amide bonds. The smallest absolute Gasteiger partial charge is 0.261 e. The Morgan fingerprint density at radius 3 is 2.60 bits per heavy atom. The van der Waals surface area contributed by atoms with Crippen LogP contribution in [0.3, 0.4) is 0 Å². The van der Waals surface area contributed by atoms with Crippen molar-refractivity contribution >= 4 is 32.4 Å². The molecule has 1 aliphatic rings. The lowest BCUT2D eigenvalue weighted by Crippen LogP contribution is -2.42. The van der Waals surface area contributed by atoms with E-state index >= 15 is 0 Å². The van der Waals surface area contributed by atoms with Crippen LogP contribution >= 0.6 is 0 Å². The number of anilines is 2. The summed E-state index contributed by atoms with van der Waals surface area (Å²) in [5.74, 6) is 0.326. The summed E-state index contributed by atoms with van der Waals surface area (Å²) in [7, 11) is -2.11. The summed E-state index contributed by atoms with van der Waals surface area (Å²) in [5, 5.41) is 17.8. The molecule has 35 heavy (non-hydrogen) atoms. The number of nitrogens with one attached hydrogen (secondary N) is 2. The summed E-state index contributed by atoms with van der Waals surface area (Å²) in [6, 6.07) is 10.3.